The van der Waals surface area contributed by atoms with E-state index in [9.17, 15) is 9.90 Å². The van der Waals surface area contributed by atoms with Crippen molar-refractivity contribution in [2.45, 2.75) is 51.0 Å². The lowest BCUT2D eigenvalue weighted by Gasteiger charge is -2.40. The number of piperidine rings is 1. The van der Waals surface area contributed by atoms with Gasteiger partial charge in [0.15, 0.2) is 0 Å². The highest BCUT2D eigenvalue weighted by atomic mass is 16.4. The molecule has 0 aromatic rings. The summed E-state index contributed by atoms with van der Waals surface area (Å²) in [6.07, 6.45) is 6.90. The molecule has 0 radical (unpaired) electrons. The van der Waals surface area contributed by atoms with Crippen molar-refractivity contribution in [3.05, 3.63) is 0 Å². The molecule has 1 saturated carbocycles. The van der Waals surface area contributed by atoms with Gasteiger partial charge in [0.25, 0.3) is 0 Å². The molecule has 0 bridgehead atoms. The molecule has 1 atom stereocenters. The maximum Gasteiger partial charge on any atom is 0.323 e. The Morgan fingerprint density at radius 3 is 2.40 bits per heavy atom. The summed E-state index contributed by atoms with van der Waals surface area (Å²) in [6, 6.07) is 0. The summed E-state index contributed by atoms with van der Waals surface area (Å²) in [7, 11) is 0. The molecule has 0 aromatic heterocycles. The number of rotatable bonds is 4. The van der Waals surface area contributed by atoms with E-state index in [-0.39, 0.29) is 0 Å². The predicted molar refractivity (Wildman–Crippen MR) is 58.8 cm³/mol. The Morgan fingerprint density at radius 2 is 1.93 bits per heavy atom. The Morgan fingerprint density at radius 1 is 1.33 bits per heavy atom. The maximum atomic E-state index is 11.4. The molecule has 1 N–H and O–H groups in total. The second-order valence-electron chi connectivity index (χ2n) is 5.27. The topological polar surface area (TPSA) is 40.5 Å². The van der Waals surface area contributed by atoms with Gasteiger partial charge in [0.1, 0.15) is 5.54 Å². The van der Waals surface area contributed by atoms with E-state index in [1.807, 2.05) is 6.92 Å². The van der Waals surface area contributed by atoms with Crippen LogP contribution in [-0.2, 0) is 4.79 Å². The van der Waals surface area contributed by atoms with E-state index in [1.54, 1.807) is 0 Å². The monoisotopic (exact) mass is 211 g/mol. The summed E-state index contributed by atoms with van der Waals surface area (Å²) in [5.41, 5.74) is -0.596. The first kappa shape index (κ1) is 10.9. The standard InChI is InChI=1S/C12H21NO2/c1-12(11(14)15,9-10-5-6-10)13-7-3-2-4-8-13/h10H,2-9H2,1H3,(H,14,15). The van der Waals surface area contributed by atoms with E-state index >= 15 is 0 Å². The Balaban J connectivity index is 2.04. The average molecular weight is 211 g/mol. The van der Waals surface area contributed by atoms with Crippen molar-refractivity contribution in [2.75, 3.05) is 13.1 Å². The molecule has 1 heterocycles. The molecule has 2 rings (SSSR count). The van der Waals surface area contributed by atoms with Gasteiger partial charge in [0.05, 0.1) is 0 Å². The highest BCUT2D eigenvalue weighted by molar-refractivity contribution is 5.78. The Kier molecular flexibility index (Phi) is 3.01. The third-order valence-corrected chi connectivity index (χ3v) is 3.90. The molecule has 3 nitrogen and oxygen atoms in total. The number of carboxylic acids is 1. The van der Waals surface area contributed by atoms with Gasteiger partial charge in [-0.25, -0.2) is 0 Å². The van der Waals surface area contributed by atoms with E-state index in [1.165, 1.54) is 19.3 Å². The van der Waals surface area contributed by atoms with Crippen LogP contribution in [-0.4, -0.2) is 34.6 Å². The largest absolute Gasteiger partial charge is 0.480 e. The van der Waals surface area contributed by atoms with Gasteiger partial charge in [-0.1, -0.05) is 19.3 Å². The summed E-state index contributed by atoms with van der Waals surface area (Å²) < 4.78 is 0. The van der Waals surface area contributed by atoms with Crippen LogP contribution in [0, 0.1) is 5.92 Å². The number of nitrogens with zero attached hydrogens (tertiary/aromatic N) is 1. The molecule has 1 unspecified atom stereocenters. The van der Waals surface area contributed by atoms with Crippen LogP contribution in [0.5, 0.6) is 0 Å². The minimum absolute atomic E-state index is 0.596. The molecule has 1 aliphatic carbocycles. The van der Waals surface area contributed by atoms with Gasteiger partial charge in [-0.2, -0.15) is 0 Å². The van der Waals surface area contributed by atoms with Crippen LogP contribution in [0.15, 0.2) is 0 Å². The van der Waals surface area contributed by atoms with Gasteiger partial charge in [-0.15, -0.1) is 0 Å². The van der Waals surface area contributed by atoms with Crippen molar-refractivity contribution in [3.8, 4) is 0 Å². The average Bonchev–Trinajstić information content (AvgIpc) is 3.02. The number of hydrogen-bond donors (Lipinski definition) is 1. The first-order chi connectivity index (χ1) is 7.13. The first-order valence-electron chi connectivity index (χ1n) is 6.11. The predicted octanol–water partition coefficient (Wildman–Crippen LogP) is 2.12. The minimum atomic E-state index is -0.628. The van der Waals surface area contributed by atoms with Crippen LogP contribution in [0.25, 0.3) is 0 Å². The molecule has 2 fully saturated rings. The van der Waals surface area contributed by atoms with Crippen molar-refractivity contribution >= 4 is 5.97 Å². The lowest BCUT2D eigenvalue weighted by molar-refractivity contribution is -0.152. The summed E-state index contributed by atoms with van der Waals surface area (Å²) in [6.45, 7) is 3.85. The normalized spacial score (nSPS) is 27.3. The molecule has 3 heteroatoms. The van der Waals surface area contributed by atoms with Crippen LogP contribution in [0.4, 0.5) is 0 Å². The maximum absolute atomic E-state index is 11.4. The van der Waals surface area contributed by atoms with Gasteiger partial charge in [0, 0.05) is 0 Å². The molecular weight excluding hydrogens is 190 g/mol. The second-order valence-corrected chi connectivity index (χ2v) is 5.27. The number of carboxylic acid groups (broad SMARTS) is 1. The summed E-state index contributed by atoms with van der Waals surface area (Å²) in [4.78, 5) is 13.6. The highest BCUT2D eigenvalue weighted by Crippen LogP contribution is 2.39. The van der Waals surface area contributed by atoms with E-state index in [0.717, 1.165) is 32.4 Å². The molecule has 15 heavy (non-hydrogen) atoms. The number of aliphatic carboxylic acids is 1. The molecule has 1 aliphatic heterocycles. The van der Waals surface area contributed by atoms with E-state index in [0.29, 0.717) is 5.92 Å². The van der Waals surface area contributed by atoms with Crippen LogP contribution in [0.3, 0.4) is 0 Å². The van der Waals surface area contributed by atoms with Gasteiger partial charge in [-0.05, 0) is 45.2 Å². The molecular formula is C12H21NO2. The number of hydrogen-bond acceptors (Lipinski definition) is 2. The molecule has 0 amide bonds. The van der Waals surface area contributed by atoms with Crippen LogP contribution in [0.2, 0.25) is 0 Å². The summed E-state index contributed by atoms with van der Waals surface area (Å²) in [5, 5.41) is 9.42. The molecule has 0 aromatic carbocycles. The molecule has 2 aliphatic rings. The fourth-order valence-corrected chi connectivity index (χ4v) is 2.62. The van der Waals surface area contributed by atoms with Gasteiger partial charge in [-0.3, -0.25) is 9.69 Å². The fraction of sp³-hybridized carbons (Fsp3) is 0.917. The Bertz CT molecular complexity index is 244. The van der Waals surface area contributed by atoms with Gasteiger partial charge in [0.2, 0.25) is 0 Å². The number of likely N-dealkylation sites (tertiary alicyclic amines) is 1. The second kappa shape index (κ2) is 4.12. The van der Waals surface area contributed by atoms with Crippen molar-refractivity contribution in [3.63, 3.8) is 0 Å². The molecule has 1 saturated heterocycles. The third kappa shape index (κ3) is 2.33. The minimum Gasteiger partial charge on any atom is -0.480 e. The zero-order valence-electron chi connectivity index (χ0n) is 9.54. The SMILES string of the molecule is CC(CC1CC1)(C(=O)O)N1CCCCC1. The van der Waals surface area contributed by atoms with Gasteiger partial charge >= 0.3 is 5.97 Å². The van der Waals surface area contributed by atoms with Crippen LogP contribution >= 0.6 is 0 Å². The molecule has 0 spiro atoms. The summed E-state index contributed by atoms with van der Waals surface area (Å²) in [5.74, 6) is 0.0457. The lowest BCUT2D eigenvalue weighted by Crippen LogP contribution is -2.54. The fourth-order valence-electron chi connectivity index (χ4n) is 2.62. The number of carbonyl (C=O) groups is 1. The van der Waals surface area contributed by atoms with Gasteiger partial charge < -0.3 is 5.11 Å². The van der Waals surface area contributed by atoms with Crippen LogP contribution in [0.1, 0.15) is 45.4 Å². The highest BCUT2D eigenvalue weighted by Gasteiger charge is 2.43. The summed E-state index contributed by atoms with van der Waals surface area (Å²) >= 11 is 0. The van der Waals surface area contributed by atoms with Crippen molar-refractivity contribution < 1.29 is 9.90 Å². The smallest absolute Gasteiger partial charge is 0.323 e. The Hall–Kier alpha value is -0.570. The lowest BCUT2D eigenvalue weighted by atomic mass is 9.90. The Labute approximate surface area is 91.5 Å². The molecule has 86 valence electrons. The zero-order valence-corrected chi connectivity index (χ0v) is 9.54. The van der Waals surface area contributed by atoms with Crippen molar-refractivity contribution in [1.82, 2.24) is 4.90 Å². The zero-order chi connectivity index (χ0) is 10.9. The quantitative estimate of drug-likeness (QED) is 0.774. The van der Waals surface area contributed by atoms with E-state index in [4.69, 9.17) is 0 Å². The van der Waals surface area contributed by atoms with E-state index in [2.05, 4.69) is 4.90 Å². The van der Waals surface area contributed by atoms with E-state index < -0.39 is 11.5 Å². The third-order valence-electron chi connectivity index (χ3n) is 3.90. The van der Waals surface area contributed by atoms with Crippen molar-refractivity contribution in [2.24, 2.45) is 5.92 Å². The van der Waals surface area contributed by atoms with Crippen molar-refractivity contribution in [1.29, 1.82) is 0 Å². The first-order valence-corrected chi connectivity index (χ1v) is 6.11. The van der Waals surface area contributed by atoms with Crippen LogP contribution < -0.4 is 0 Å².